The topological polar surface area (TPSA) is 61.8 Å². The van der Waals surface area contributed by atoms with Gasteiger partial charge in [0.2, 0.25) is 0 Å². The molecule has 0 bridgehead atoms. The van der Waals surface area contributed by atoms with Gasteiger partial charge in [-0.05, 0) is 58.2 Å². The molecule has 1 aromatic rings. The maximum absolute atomic E-state index is 12.3. The van der Waals surface area contributed by atoms with Crippen LogP contribution in [0.5, 0.6) is 5.75 Å². The molecular formula is C18H24O5. The second-order valence-electron chi connectivity index (χ2n) is 6.25. The molecule has 0 N–H and O–H groups in total. The maximum Gasteiger partial charge on any atom is 0.341 e. The highest BCUT2D eigenvalue weighted by Crippen LogP contribution is 2.31. The van der Waals surface area contributed by atoms with Gasteiger partial charge >= 0.3 is 11.9 Å². The third-order valence-electron chi connectivity index (χ3n) is 3.75. The zero-order valence-electron chi connectivity index (χ0n) is 14.2. The molecule has 0 amide bonds. The monoisotopic (exact) mass is 320 g/mol. The molecule has 1 saturated carbocycles. The van der Waals surface area contributed by atoms with Gasteiger partial charge in [0, 0.05) is 0 Å². The fourth-order valence-corrected chi connectivity index (χ4v) is 1.87. The largest absolute Gasteiger partial charge is 0.489 e. The van der Waals surface area contributed by atoms with Crippen LogP contribution in [0.15, 0.2) is 18.2 Å². The van der Waals surface area contributed by atoms with Gasteiger partial charge in [0.05, 0.1) is 18.3 Å². The van der Waals surface area contributed by atoms with Crippen LogP contribution in [0.1, 0.15) is 67.7 Å². The van der Waals surface area contributed by atoms with E-state index in [4.69, 9.17) is 14.2 Å². The van der Waals surface area contributed by atoms with E-state index in [9.17, 15) is 9.59 Å². The highest BCUT2D eigenvalue weighted by Gasteiger charge is 2.28. The summed E-state index contributed by atoms with van der Waals surface area (Å²) in [5.74, 6) is -0.487. The van der Waals surface area contributed by atoms with Gasteiger partial charge in [-0.2, -0.15) is 0 Å². The average molecular weight is 320 g/mol. The molecule has 1 aliphatic rings. The molecule has 5 nitrogen and oxygen atoms in total. The van der Waals surface area contributed by atoms with Crippen molar-refractivity contribution in [2.24, 2.45) is 0 Å². The highest BCUT2D eigenvalue weighted by molar-refractivity contribution is 5.96. The average Bonchev–Trinajstić information content (AvgIpc) is 3.31. The Bertz CT molecular complexity index is 587. The number of benzene rings is 1. The summed E-state index contributed by atoms with van der Waals surface area (Å²) >= 11 is 0. The van der Waals surface area contributed by atoms with Crippen LogP contribution in [0, 0.1) is 0 Å². The van der Waals surface area contributed by atoms with Gasteiger partial charge in [0.15, 0.2) is 0 Å². The molecule has 2 rings (SSSR count). The summed E-state index contributed by atoms with van der Waals surface area (Å²) in [5.41, 5.74) is 0.175. The van der Waals surface area contributed by atoms with Gasteiger partial charge in [-0.1, -0.05) is 6.92 Å². The minimum Gasteiger partial charge on any atom is -0.489 e. The number of carbonyl (C=O) groups is 2. The van der Waals surface area contributed by atoms with Gasteiger partial charge in [-0.3, -0.25) is 0 Å². The van der Waals surface area contributed by atoms with E-state index in [1.807, 2.05) is 20.8 Å². The van der Waals surface area contributed by atoms with E-state index in [0.29, 0.717) is 23.3 Å². The van der Waals surface area contributed by atoms with E-state index in [-0.39, 0.29) is 12.7 Å². The van der Waals surface area contributed by atoms with Crippen molar-refractivity contribution in [3.8, 4) is 5.75 Å². The Morgan fingerprint density at radius 3 is 2.43 bits per heavy atom. The van der Waals surface area contributed by atoms with Crippen LogP contribution in [0.3, 0.4) is 0 Å². The highest BCUT2D eigenvalue weighted by atomic mass is 16.6. The molecule has 1 aromatic carbocycles. The quantitative estimate of drug-likeness (QED) is 0.716. The van der Waals surface area contributed by atoms with Crippen molar-refractivity contribution in [3.63, 3.8) is 0 Å². The lowest BCUT2D eigenvalue weighted by Crippen LogP contribution is -2.27. The Balaban J connectivity index is 2.24. The van der Waals surface area contributed by atoms with Crippen LogP contribution in [0.25, 0.3) is 0 Å². The van der Waals surface area contributed by atoms with Crippen molar-refractivity contribution in [3.05, 3.63) is 29.3 Å². The zero-order valence-corrected chi connectivity index (χ0v) is 14.2. The Hall–Kier alpha value is -2.04. The van der Waals surface area contributed by atoms with Crippen molar-refractivity contribution in [2.75, 3.05) is 6.61 Å². The molecule has 0 radical (unpaired) electrons. The second kappa shape index (κ2) is 7.02. The minimum atomic E-state index is -0.533. The van der Waals surface area contributed by atoms with Crippen LogP contribution in [0.4, 0.5) is 0 Å². The number of rotatable bonds is 7. The van der Waals surface area contributed by atoms with Crippen LogP contribution in [-0.2, 0) is 9.47 Å². The first-order valence-corrected chi connectivity index (χ1v) is 8.07. The van der Waals surface area contributed by atoms with Crippen LogP contribution in [-0.4, -0.2) is 30.3 Å². The Kier molecular flexibility index (Phi) is 5.29. The Morgan fingerprint density at radius 1 is 1.17 bits per heavy atom. The summed E-state index contributed by atoms with van der Waals surface area (Å²) < 4.78 is 16.3. The fourth-order valence-electron chi connectivity index (χ4n) is 1.87. The van der Waals surface area contributed by atoms with E-state index in [1.54, 1.807) is 25.1 Å². The van der Waals surface area contributed by atoms with E-state index in [0.717, 1.165) is 12.8 Å². The second-order valence-corrected chi connectivity index (χ2v) is 6.25. The lowest BCUT2D eigenvalue weighted by Gasteiger charge is -2.23. The van der Waals surface area contributed by atoms with Crippen molar-refractivity contribution in [1.82, 2.24) is 0 Å². The van der Waals surface area contributed by atoms with Gasteiger partial charge in [-0.15, -0.1) is 0 Å². The van der Waals surface area contributed by atoms with Crippen LogP contribution >= 0.6 is 0 Å². The number of ether oxygens (including phenoxy) is 3. The van der Waals surface area contributed by atoms with Gasteiger partial charge in [-0.25, -0.2) is 9.59 Å². The lowest BCUT2D eigenvalue weighted by atomic mass is 10.1. The summed E-state index contributed by atoms with van der Waals surface area (Å²) in [5, 5.41) is 0. The lowest BCUT2D eigenvalue weighted by molar-refractivity contribution is -0.00252. The Labute approximate surface area is 136 Å². The predicted molar refractivity (Wildman–Crippen MR) is 85.8 cm³/mol. The zero-order chi connectivity index (χ0) is 17.0. The number of carbonyl (C=O) groups excluding carboxylic acids is 2. The minimum absolute atomic E-state index is 0.113. The number of esters is 2. The van der Waals surface area contributed by atoms with Crippen LogP contribution in [0.2, 0.25) is 0 Å². The normalized spacial score (nSPS) is 14.3. The molecule has 0 saturated heterocycles. The molecule has 0 aliphatic heterocycles. The van der Waals surface area contributed by atoms with Crippen molar-refractivity contribution >= 4 is 11.9 Å². The summed E-state index contributed by atoms with van der Waals surface area (Å²) in [6.07, 6.45) is 2.74. The molecule has 5 heteroatoms. The summed E-state index contributed by atoms with van der Waals surface area (Å²) in [4.78, 5) is 24.3. The molecule has 0 aromatic heterocycles. The standard InChI is InChI=1S/C18H24O5/c1-5-18(3,4)23-16(19)12-7-10-14(17(20)21-6-2)15(11-12)22-13-8-9-13/h7,10-11,13H,5-6,8-9H2,1-4H3. The summed E-state index contributed by atoms with van der Waals surface area (Å²) in [6, 6.07) is 4.70. The molecule has 0 atom stereocenters. The van der Waals surface area contributed by atoms with E-state index in [1.165, 1.54) is 0 Å². The van der Waals surface area contributed by atoms with Gasteiger partial charge in [0.1, 0.15) is 16.9 Å². The van der Waals surface area contributed by atoms with E-state index >= 15 is 0 Å². The van der Waals surface area contributed by atoms with E-state index < -0.39 is 17.5 Å². The first-order chi connectivity index (χ1) is 10.9. The van der Waals surface area contributed by atoms with Crippen LogP contribution < -0.4 is 4.74 Å². The SMILES string of the molecule is CCOC(=O)c1ccc(C(=O)OC(C)(C)CC)cc1OC1CC1. The molecule has 1 aliphatic carbocycles. The first-order valence-electron chi connectivity index (χ1n) is 8.07. The first kappa shape index (κ1) is 17.3. The summed E-state index contributed by atoms with van der Waals surface area (Å²) in [6.45, 7) is 7.71. The fraction of sp³-hybridized carbons (Fsp3) is 0.556. The molecule has 23 heavy (non-hydrogen) atoms. The molecule has 126 valence electrons. The molecular weight excluding hydrogens is 296 g/mol. The third kappa shape index (κ3) is 4.71. The number of hydrogen-bond acceptors (Lipinski definition) is 5. The maximum atomic E-state index is 12.3. The Morgan fingerprint density at radius 2 is 1.87 bits per heavy atom. The molecule has 0 heterocycles. The predicted octanol–water partition coefficient (Wildman–Crippen LogP) is 3.75. The molecule has 0 spiro atoms. The van der Waals surface area contributed by atoms with Crippen molar-refractivity contribution in [2.45, 2.75) is 58.7 Å². The van der Waals surface area contributed by atoms with Gasteiger partial charge < -0.3 is 14.2 Å². The van der Waals surface area contributed by atoms with Crippen molar-refractivity contribution in [1.29, 1.82) is 0 Å². The van der Waals surface area contributed by atoms with Crippen molar-refractivity contribution < 1.29 is 23.8 Å². The van der Waals surface area contributed by atoms with Gasteiger partial charge in [0.25, 0.3) is 0 Å². The summed E-state index contributed by atoms with van der Waals surface area (Å²) in [7, 11) is 0. The molecule has 0 unspecified atom stereocenters. The molecule has 1 fully saturated rings. The third-order valence-corrected chi connectivity index (χ3v) is 3.75. The smallest absolute Gasteiger partial charge is 0.341 e. The number of hydrogen-bond donors (Lipinski definition) is 0. The van der Waals surface area contributed by atoms with E-state index in [2.05, 4.69) is 0 Å².